The Labute approximate surface area is 177 Å². The van der Waals surface area contributed by atoms with Crippen LogP contribution in [0, 0.1) is 0 Å². The topological polar surface area (TPSA) is 63.7 Å². The van der Waals surface area contributed by atoms with Gasteiger partial charge < -0.3 is 19.7 Å². The van der Waals surface area contributed by atoms with Gasteiger partial charge in [-0.25, -0.2) is 9.78 Å². The average Bonchev–Trinajstić information content (AvgIpc) is 3.36. The minimum Gasteiger partial charge on any atom is -0.497 e. The molecule has 2 aromatic rings. The summed E-state index contributed by atoms with van der Waals surface area (Å²) in [7, 11) is 3.30. The first-order chi connectivity index (χ1) is 13.7. The quantitative estimate of drug-likeness (QED) is 0.738. The molecule has 2 unspecified atom stereocenters. The number of carbonyl (C=O) groups is 1. The molecule has 0 radical (unpaired) electrons. The van der Waals surface area contributed by atoms with Crippen molar-refractivity contribution in [3.8, 4) is 11.5 Å². The van der Waals surface area contributed by atoms with E-state index in [1.807, 2.05) is 30.0 Å². The first-order valence-corrected chi connectivity index (χ1v) is 10.9. The minimum atomic E-state index is -0.142. The molecule has 1 saturated heterocycles. The number of carbonyl (C=O) groups excluding carboxylic acids is 1. The van der Waals surface area contributed by atoms with E-state index in [1.54, 1.807) is 25.6 Å². The van der Waals surface area contributed by atoms with Gasteiger partial charge in [0.05, 0.1) is 32.0 Å². The molecular weight excluding hydrogens is 386 g/mol. The van der Waals surface area contributed by atoms with Gasteiger partial charge in [0.15, 0.2) is 0 Å². The molecule has 2 heterocycles. The van der Waals surface area contributed by atoms with Gasteiger partial charge in [0.2, 0.25) is 0 Å². The molecule has 1 fully saturated rings. The molecule has 0 spiro atoms. The van der Waals surface area contributed by atoms with Gasteiger partial charge in [0.25, 0.3) is 0 Å². The minimum absolute atomic E-state index is 0.00143. The lowest BCUT2D eigenvalue weighted by Gasteiger charge is -2.28. The predicted molar refractivity (Wildman–Crippen MR) is 116 cm³/mol. The third-order valence-electron chi connectivity index (χ3n) is 5.31. The number of benzene rings is 1. The van der Waals surface area contributed by atoms with Crippen molar-refractivity contribution in [2.45, 2.75) is 58.0 Å². The predicted octanol–water partition coefficient (Wildman–Crippen LogP) is 5.07. The summed E-state index contributed by atoms with van der Waals surface area (Å²) >= 11 is 1.60. The Balaban J connectivity index is 1.76. The number of nitrogens with one attached hydrogen (secondary N) is 1. The van der Waals surface area contributed by atoms with Crippen LogP contribution in [-0.2, 0) is 5.41 Å². The van der Waals surface area contributed by atoms with Gasteiger partial charge in [-0.1, -0.05) is 20.8 Å². The van der Waals surface area contributed by atoms with Crippen molar-refractivity contribution in [2.75, 3.05) is 20.8 Å². The van der Waals surface area contributed by atoms with Crippen LogP contribution in [0.25, 0.3) is 0 Å². The highest BCUT2D eigenvalue weighted by Crippen LogP contribution is 2.39. The molecule has 0 saturated carbocycles. The molecule has 0 aliphatic carbocycles. The number of hydrogen-bond acceptors (Lipinski definition) is 5. The summed E-state index contributed by atoms with van der Waals surface area (Å²) in [5.41, 5.74) is 2.04. The van der Waals surface area contributed by atoms with E-state index in [0.29, 0.717) is 6.54 Å². The van der Waals surface area contributed by atoms with E-state index in [-0.39, 0.29) is 23.5 Å². The fourth-order valence-corrected chi connectivity index (χ4v) is 4.65. The van der Waals surface area contributed by atoms with Crippen molar-refractivity contribution in [2.24, 2.45) is 0 Å². The van der Waals surface area contributed by atoms with E-state index in [4.69, 9.17) is 14.5 Å². The van der Waals surface area contributed by atoms with Gasteiger partial charge in [0.1, 0.15) is 16.5 Å². The first-order valence-electron chi connectivity index (χ1n) is 9.99. The summed E-state index contributed by atoms with van der Waals surface area (Å²) in [6, 6.07) is 5.49. The van der Waals surface area contributed by atoms with E-state index >= 15 is 0 Å². The van der Waals surface area contributed by atoms with Crippen molar-refractivity contribution in [3.05, 3.63) is 39.8 Å². The standard InChI is InChI=1S/C22H31N3O3S/c1-14(20-24-19(13-29-20)22(2,3)4)23-21(26)25-11-7-8-17(25)16-12-15(27-5)9-10-18(16)28-6/h9-10,12-14,17H,7-8,11H2,1-6H3,(H,23,26). The second kappa shape index (κ2) is 8.61. The number of urea groups is 1. The van der Waals surface area contributed by atoms with E-state index in [2.05, 4.69) is 31.5 Å². The molecular formula is C22H31N3O3S. The molecule has 1 N–H and O–H groups in total. The summed E-state index contributed by atoms with van der Waals surface area (Å²) in [6.45, 7) is 9.14. The molecule has 0 bridgehead atoms. The number of aromatic nitrogens is 1. The molecule has 1 aromatic carbocycles. The molecule has 1 aliphatic rings. The van der Waals surface area contributed by atoms with Gasteiger partial charge in [-0.3, -0.25) is 0 Å². The third kappa shape index (κ3) is 4.66. The van der Waals surface area contributed by atoms with Crippen LogP contribution in [0.2, 0.25) is 0 Å². The maximum absolute atomic E-state index is 13.1. The molecule has 1 aromatic heterocycles. The van der Waals surface area contributed by atoms with Crippen LogP contribution in [0.15, 0.2) is 23.6 Å². The lowest BCUT2D eigenvalue weighted by molar-refractivity contribution is 0.188. The monoisotopic (exact) mass is 417 g/mol. The number of methoxy groups -OCH3 is 2. The number of ether oxygens (including phenoxy) is 2. The average molecular weight is 418 g/mol. The first kappa shape index (κ1) is 21.4. The number of amides is 2. The number of thiazole rings is 1. The fourth-order valence-electron chi connectivity index (χ4n) is 3.59. The Morgan fingerprint density at radius 1 is 1.31 bits per heavy atom. The van der Waals surface area contributed by atoms with E-state index in [0.717, 1.165) is 40.6 Å². The van der Waals surface area contributed by atoms with Crippen molar-refractivity contribution in [3.63, 3.8) is 0 Å². The Morgan fingerprint density at radius 3 is 2.69 bits per heavy atom. The highest BCUT2D eigenvalue weighted by Gasteiger charge is 2.33. The van der Waals surface area contributed by atoms with Gasteiger partial charge in [-0.05, 0) is 38.0 Å². The number of hydrogen-bond donors (Lipinski definition) is 1. The molecule has 2 amide bonds. The summed E-state index contributed by atoms with van der Waals surface area (Å²) in [5, 5.41) is 6.14. The van der Waals surface area contributed by atoms with Gasteiger partial charge in [-0.2, -0.15) is 0 Å². The summed E-state index contributed by atoms with van der Waals surface area (Å²) in [5.74, 6) is 1.54. The fraction of sp³-hybridized carbons (Fsp3) is 0.545. The zero-order valence-electron chi connectivity index (χ0n) is 18.1. The van der Waals surface area contributed by atoms with E-state index < -0.39 is 0 Å². The highest BCUT2D eigenvalue weighted by molar-refractivity contribution is 7.09. The Morgan fingerprint density at radius 2 is 2.07 bits per heavy atom. The summed E-state index contributed by atoms with van der Waals surface area (Å²) in [6.07, 6.45) is 1.86. The molecule has 7 heteroatoms. The van der Waals surface area contributed by atoms with Crippen molar-refractivity contribution < 1.29 is 14.3 Å². The molecule has 158 valence electrons. The van der Waals surface area contributed by atoms with E-state index in [1.165, 1.54) is 0 Å². The number of likely N-dealkylation sites (tertiary alicyclic amines) is 1. The SMILES string of the molecule is COc1ccc(OC)c(C2CCCN2C(=O)NC(C)c2nc(C(C)(C)C)cs2)c1. The largest absolute Gasteiger partial charge is 0.497 e. The van der Waals surface area contributed by atoms with Crippen LogP contribution in [0.5, 0.6) is 11.5 Å². The Hall–Kier alpha value is -2.28. The van der Waals surface area contributed by atoms with Crippen LogP contribution >= 0.6 is 11.3 Å². The Bertz CT molecular complexity index is 859. The molecule has 2 atom stereocenters. The molecule has 1 aliphatic heterocycles. The number of rotatable bonds is 5. The van der Waals surface area contributed by atoms with Crippen molar-refractivity contribution in [1.82, 2.24) is 15.2 Å². The zero-order valence-corrected chi connectivity index (χ0v) is 18.9. The number of nitrogens with zero attached hydrogens (tertiary/aromatic N) is 2. The van der Waals surface area contributed by atoms with Crippen LogP contribution in [0.3, 0.4) is 0 Å². The summed E-state index contributed by atoms with van der Waals surface area (Å²) < 4.78 is 10.9. The van der Waals surface area contributed by atoms with Crippen LogP contribution in [-0.4, -0.2) is 36.7 Å². The van der Waals surface area contributed by atoms with Crippen LogP contribution in [0.1, 0.15) is 68.9 Å². The Kier molecular flexibility index (Phi) is 6.36. The lowest BCUT2D eigenvalue weighted by atomic mass is 9.93. The van der Waals surface area contributed by atoms with Crippen LogP contribution in [0.4, 0.5) is 4.79 Å². The summed E-state index contributed by atoms with van der Waals surface area (Å²) in [4.78, 5) is 19.7. The van der Waals surface area contributed by atoms with Crippen molar-refractivity contribution >= 4 is 17.4 Å². The van der Waals surface area contributed by atoms with Crippen molar-refractivity contribution in [1.29, 1.82) is 0 Å². The second-order valence-electron chi connectivity index (χ2n) is 8.45. The van der Waals surface area contributed by atoms with Gasteiger partial charge in [0, 0.05) is 22.9 Å². The maximum Gasteiger partial charge on any atom is 0.318 e. The zero-order chi connectivity index (χ0) is 21.2. The molecule has 29 heavy (non-hydrogen) atoms. The van der Waals surface area contributed by atoms with Gasteiger partial charge >= 0.3 is 6.03 Å². The highest BCUT2D eigenvalue weighted by atomic mass is 32.1. The molecule has 3 rings (SSSR count). The lowest BCUT2D eigenvalue weighted by Crippen LogP contribution is -2.40. The van der Waals surface area contributed by atoms with E-state index in [9.17, 15) is 4.79 Å². The normalized spacial score (nSPS) is 17.9. The smallest absolute Gasteiger partial charge is 0.318 e. The second-order valence-corrected chi connectivity index (χ2v) is 9.34. The van der Waals surface area contributed by atoms with Gasteiger partial charge in [-0.15, -0.1) is 11.3 Å². The molecule has 6 nitrogen and oxygen atoms in total. The third-order valence-corrected chi connectivity index (χ3v) is 6.34. The van der Waals surface area contributed by atoms with Crippen LogP contribution < -0.4 is 14.8 Å². The maximum atomic E-state index is 13.1.